The van der Waals surface area contributed by atoms with E-state index in [-0.39, 0.29) is 5.41 Å². The fraction of sp³-hybridized carbons (Fsp3) is 0.0545. The minimum Gasteiger partial charge on any atom is -0.310 e. The lowest BCUT2D eigenvalue weighted by molar-refractivity contribution is 0.660. The summed E-state index contributed by atoms with van der Waals surface area (Å²) in [6, 6.07) is 70.0. The highest BCUT2D eigenvalue weighted by atomic mass is 32.3. The lowest BCUT2D eigenvalue weighted by Crippen LogP contribution is -2.16. The SMILES string of the molecule is C=Cc1ccc(S2(c3ccc(C=C)cc3)c3ccccc3-c3cc(N(c4ccc(-c5ccccc5)cc4)c4ccc5c(c4)C(C)(C)c4ccccc4-5)ccc32)cc1. The largest absolute Gasteiger partial charge is 0.310 e. The maximum absolute atomic E-state index is 4.05. The number of rotatable bonds is 8. The molecule has 0 saturated heterocycles. The third-order valence-electron chi connectivity index (χ3n) is 12.1. The van der Waals surface area contributed by atoms with Crippen LogP contribution in [0.25, 0.3) is 45.5 Å². The molecule has 57 heavy (non-hydrogen) atoms. The molecule has 2 aliphatic rings. The van der Waals surface area contributed by atoms with Gasteiger partial charge in [-0.25, -0.2) is 0 Å². The summed E-state index contributed by atoms with van der Waals surface area (Å²) in [5, 5.41) is 0. The first-order chi connectivity index (χ1) is 27.9. The number of nitrogens with zero attached hydrogens (tertiary/aromatic N) is 1. The molecule has 0 fully saturated rings. The maximum atomic E-state index is 4.05. The number of anilines is 3. The van der Waals surface area contributed by atoms with Crippen molar-refractivity contribution in [2.45, 2.75) is 38.8 Å². The molecule has 0 unspecified atom stereocenters. The van der Waals surface area contributed by atoms with Gasteiger partial charge in [0, 0.05) is 42.1 Å². The van der Waals surface area contributed by atoms with Gasteiger partial charge in [0.15, 0.2) is 0 Å². The molecule has 0 saturated carbocycles. The molecular formula is C55H43NS. The minimum atomic E-state index is -1.84. The predicted octanol–water partition coefficient (Wildman–Crippen LogP) is 15.7. The number of hydrogen-bond acceptors (Lipinski definition) is 1. The number of hydrogen-bond donors (Lipinski definition) is 0. The first-order valence-corrected chi connectivity index (χ1v) is 21.3. The van der Waals surface area contributed by atoms with E-state index in [9.17, 15) is 0 Å². The van der Waals surface area contributed by atoms with Crippen LogP contribution in [0.4, 0.5) is 17.1 Å². The fourth-order valence-corrected chi connectivity index (χ4v) is 13.4. The summed E-state index contributed by atoms with van der Waals surface area (Å²) in [5.41, 5.74) is 15.9. The first-order valence-electron chi connectivity index (χ1n) is 19.6. The first kappa shape index (κ1) is 34.8. The fourth-order valence-electron chi connectivity index (χ4n) is 9.18. The van der Waals surface area contributed by atoms with Gasteiger partial charge < -0.3 is 4.90 Å². The lowest BCUT2D eigenvalue weighted by Gasteiger charge is -2.39. The van der Waals surface area contributed by atoms with Crippen LogP contribution >= 0.6 is 10.0 Å². The van der Waals surface area contributed by atoms with Gasteiger partial charge in [-0.3, -0.25) is 0 Å². The van der Waals surface area contributed by atoms with Crippen LogP contribution in [-0.2, 0) is 5.41 Å². The molecule has 0 aromatic heterocycles. The lowest BCUT2D eigenvalue weighted by atomic mass is 9.82. The second-order valence-corrected chi connectivity index (χ2v) is 18.5. The Kier molecular flexibility index (Phi) is 8.28. The van der Waals surface area contributed by atoms with Crippen LogP contribution in [-0.4, -0.2) is 0 Å². The van der Waals surface area contributed by atoms with E-state index in [1.54, 1.807) is 0 Å². The molecule has 8 aromatic carbocycles. The standard InChI is InChI=1S/C55H43NS/c1-5-38-20-30-45(31-21-38)57(46-32-22-39(6-2)23-33-46)53-19-13-11-17-49(53)50-36-43(29-35-54(50)57)56(42-26-24-41(25-27-42)40-14-8-7-9-15-40)44-28-34-48-47-16-10-12-18-51(47)55(3,4)52(48)37-44/h5-37H,1-2H2,3-4H3. The topological polar surface area (TPSA) is 3.24 Å². The van der Waals surface area contributed by atoms with Gasteiger partial charge in [-0.05, 0) is 128 Å². The molecule has 0 spiro atoms. The van der Waals surface area contributed by atoms with Gasteiger partial charge >= 0.3 is 0 Å². The summed E-state index contributed by atoms with van der Waals surface area (Å²) in [7, 11) is -1.84. The third kappa shape index (κ3) is 5.39. The van der Waals surface area contributed by atoms with Crippen molar-refractivity contribution in [3.05, 3.63) is 223 Å². The average Bonchev–Trinajstić information content (AvgIpc) is 3.69. The molecule has 0 atom stereocenters. The van der Waals surface area contributed by atoms with Crippen molar-refractivity contribution in [2.75, 3.05) is 4.90 Å². The molecule has 1 nitrogen and oxygen atoms in total. The van der Waals surface area contributed by atoms with Crippen LogP contribution in [0.15, 0.2) is 221 Å². The van der Waals surface area contributed by atoms with E-state index >= 15 is 0 Å². The van der Waals surface area contributed by atoms with Crippen molar-refractivity contribution in [1.29, 1.82) is 0 Å². The second kappa shape index (κ2) is 13.5. The molecule has 1 heterocycles. The Bertz CT molecular complexity index is 2780. The third-order valence-corrected chi connectivity index (χ3v) is 16.0. The summed E-state index contributed by atoms with van der Waals surface area (Å²) < 4.78 is 0. The van der Waals surface area contributed by atoms with Gasteiger partial charge in [0.25, 0.3) is 0 Å². The van der Waals surface area contributed by atoms with Crippen molar-refractivity contribution >= 4 is 39.2 Å². The van der Waals surface area contributed by atoms with Crippen LogP contribution in [0.2, 0.25) is 0 Å². The van der Waals surface area contributed by atoms with Crippen molar-refractivity contribution < 1.29 is 0 Å². The normalized spacial score (nSPS) is 14.4. The molecule has 1 aliphatic carbocycles. The average molecular weight is 750 g/mol. The summed E-state index contributed by atoms with van der Waals surface area (Å²) >= 11 is 0. The Morgan fingerprint density at radius 2 is 0.930 bits per heavy atom. The zero-order valence-electron chi connectivity index (χ0n) is 32.3. The molecular weight excluding hydrogens is 707 g/mol. The van der Waals surface area contributed by atoms with E-state index in [1.807, 2.05) is 12.2 Å². The zero-order chi connectivity index (χ0) is 38.7. The predicted molar refractivity (Wildman–Crippen MR) is 243 cm³/mol. The smallest absolute Gasteiger partial charge is 0.0468 e. The van der Waals surface area contributed by atoms with Crippen LogP contribution in [0.3, 0.4) is 0 Å². The highest BCUT2D eigenvalue weighted by Gasteiger charge is 2.42. The van der Waals surface area contributed by atoms with Crippen molar-refractivity contribution in [2.24, 2.45) is 0 Å². The quantitative estimate of drug-likeness (QED) is 0.150. The van der Waals surface area contributed by atoms with Crippen molar-refractivity contribution in [3.63, 3.8) is 0 Å². The zero-order valence-corrected chi connectivity index (χ0v) is 33.1. The summed E-state index contributed by atoms with van der Waals surface area (Å²) in [4.78, 5) is 7.80. The molecule has 10 rings (SSSR count). The number of benzene rings is 8. The Labute approximate surface area is 338 Å². The van der Waals surface area contributed by atoms with Crippen LogP contribution in [0.1, 0.15) is 36.1 Å². The summed E-state index contributed by atoms with van der Waals surface area (Å²) in [6.45, 7) is 12.8. The Morgan fingerprint density at radius 3 is 1.60 bits per heavy atom. The van der Waals surface area contributed by atoms with Gasteiger partial charge in [-0.15, -0.1) is 10.0 Å². The molecule has 0 amide bonds. The Hall–Kier alpha value is -6.61. The molecule has 0 radical (unpaired) electrons. The maximum Gasteiger partial charge on any atom is 0.0468 e. The molecule has 8 aromatic rings. The Balaban J connectivity index is 1.19. The van der Waals surface area contributed by atoms with Gasteiger partial charge in [0.05, 0.1) is 0 Å². The van der Waals surface area contributed by atoms with E-state index in [1.165, 1.54) is 64.1 Å². The van der Waals surface area contributed by atoms with Gasteiger partial charge in [0.1, 0.15) is 0 Å². The van der Waals surface area contributed by atoms with E-state index in [4.69, 9.17) is 0 Å². The summed E-state index contributed by atoms with van der Waals surface area (Å²) in [5.74, 6) is 0. The molecule has 0 N–H and O–H groups in total. The van der Waals surface area contributed by atoms with E-state index in [0.717, 1.165) is 28.2 Å². The monoisotopic (exact) mass is 749 g/mol. The van der Waals surface area contributed by atoms with Crippen LogP contribution < -0.4 is 4.90 Å². The second-order valence-electron chi connectivity index (χ2n) is 15.5. The van der Waals surface area contributed by atoms with Crippen molar-refractivity contribution in [3.8, 4) is 33.4 Å². The molecule has 274 valence electrons. The summed E-state index contributed by atoms with van der Waals surface area (Å²) in [6.07, 6.45) is 3.85. The van der Waals surface area contributed by atoms with Crippen LogP contribution in [0.5, 0.6) is 0 Å². The van der Waals surface area contributed by atoms with E-state index in [0.29, 0.717) is 0 Å². The highest BCUT2D eigenvalue weighted by Crippen LogP contribution is 2.80. The van der Waals surface area contributed by atoms with Crippen molar-refractivity contribution in [1.82, 2.24) is 0 Å². The van der Waals surface area contributed by atoms with E-state index < -0.39 is 10.0 Å². The van der Waals surface area contributed by atoms with Gasteiger partial charge in [-0.2, -0.15) is 0 Å². The van der Waals surface area contributed by atoms with Crippen LogP contribution in [0, 0.1) is 0 Å². The molecule has 2 heteroatoms. The Morgan fingerprint density at radius 1 is 0.421 bits per heavy atom. The van der Waals surface area contributed by atoms with E-state index in [2.05, 4.69) is 220 Å². The minimum absolute atomic E-state index is 0.118. The molecule has 1 aliphatic heterocycles. The van der Waals surface area contributed by atoms with Gasteiger partial charge in [-0.1, -0.05) is 154 Å². The molecule has 0 bridgehead atoms. The number of fused-ring (bicyclic) bond motifs is 6. The highest BCUT2D eigenvalue weighted by molar-refractivity contribution is 8.34. The van der Waals surface area contributed by atoms with Gasteiger partial charge in [0.2, 0.25) is 0 Å².